The molecule has 3 aromatic carbocycles. The van der Waals surface area contributed by atoms with E-state index in [0.717, 1.165) is 5.56 Å². The first kappa shape index (κ1) is 25.9. The molecule has 1 fully saturated rings. The number of rotatable bonds is 7. The molecule has 1 N–H and O–H groups in total. The number of thioether (sulfide) groups is 1. The molecule has 10 heteroatoms. The molecule has 1 heterocycles. The average Bonchev–Trinajstić information content (AvgIpc) is 2.88. The van der Waals surface area contributed by atoms with Gasteiger partial charge in [0.15, 0.2) is 16.7 Å². The minimum absolute atomic E-state index is 0.0248. The predicted molar refractivity (Wildman–Crippen MR) is 145 cm³/mol. The molecule has 1 unspecified atom stereocenters. The van der Waals surface area contributed by atoms with Crippen LogP contribution in [0.2, 0.25) is 10.0 Å². The first-order valence-electron chi connectivity index (χ1n) is 10.9. The van der Waals surface area contributed by atoms with Crippen LogP contribution in [0.4, 0.5) is 11.4 Å². The molecule has 0 saturated carbocycles. The number of halogens is 2. The van der Waals surface area contributed by atoms with Gasteiger partial charge < -0.3 is 14.8 Å². The molecule has 186 valence electrons. The number of benzene rings is 3. The molecule has 0 bridgehead atoms. The second-order valence-electron chi connectivity index (χ2n) is 7.85. The Bertz CT molecular complexity index is 1280. The van der Waals surface area contributed by atoms with E-state index >= 15 is 0 Å². The number of amides is 2. The lowest BCUT2D eigenvalue weighted by Crippen LogP contribution is -2.44. The number of carbonyl (C=O) groups excluding carboxylic acids is 2. The van der Waals surface area contributed by atoms with Crippen molar-refractivity contribution >= 4 is 63.3 Å². The summed E-state index contributed by atoms with van der Waals surface area (Å²) in [5.41, 5.74) is 2.04. The zero-order valence-electron chi connectivity index (χ0n) is 19.5. The summed E-state index contributed by atoms with van der Waals surface area (Å²) in [5, 5.41) is 3.76. The summed E-state index contributed by atoms with van der Waals surface area (Å²) in [6.07, 6.45) is 0.0248. The maximum absolute atomic E-state index is 13.3. The van der Waals surface area contributed by atoms with Crippen molar-refractivity contribution in [3.63, 3.8) is 0 Å². The van der Waals surface area contributed by atoms with Crippen molar-refractivity contribution < 1.29 is 19.1 Å². The van der Waals surface area contributed by atoms with Gasteiger partial charge in [-0.25, -0.2) is 4.99 Å². The van der Waals surface area contributed by atoms with Gasteiger partial charge in [-0.2, -0.15) is 0 Å². The van der Waals surface area contributed by atoms with Gasteiger partial charge in [0, 0.05) is 22.2 Å². The molecule has 4 rings (SSSR count). The zero-order valence-corrected chi connectivity index (χ0v) is 21.9. The third kappa shape index (κ3) is 6.32. The van der Waals surface area contributed by atoms with Crippen LogP contribution in [0.15, 0.2) is 71.7 Å². The van der Waals surface area contributed by atoms with Crippen LogP contribution in [0.25, 0.3) is 0 Å². The Morgan fingerprint density at radius 1 is 1.00 bits per heavy atom. The topological polar surface area (TPSA) is 80.2 Å². The fourth-order valence-corrected chi connectivity index (χ4v) is 4.89. The first-order chi connectivity index (χ1) is 17.4. The molecule has 0 radical (unpaired) electrons. The van der Waals surface area contributed by atoms with E-state index in [2.05, 4.69) is 10.3 Å². The SMILES string of the molecule is COc1ccc(CN2C(=O)CC(C(=O)Nc3ccc(Cl)cc3)SC2=Nc2ccc(Cl)cc2)cc1OC. The van der Waals surface area contributed by atoms with E-state index < -0.39 is 5.25 Å². The highest BCUT2D eigenvalue weighted by molar-refractivity contribution is 8.15. The van der Waals surface area contributed by atoms with Gasteiger partial charge in [0.2, 0.25) is 11.8 Å². The molecule has 7 nitrogen and oxygen atoms in total. The van der Waals surface area contributed by atoms with Crippen LogP contribution in [-0.4, -0.2) is 41.4 Å². The molecular weight excluding hydrogens is 521 g/mol. The molecule has 0 aliphatic carbocycles. The van der Waals surface area contributed by atoms with E-state index in [1.165, 1.54) is 11.8 Å². The van der Waals surface area contributed by atoms with Crippen molar-refractivity contribution in [2.24, 2.45) is 4.99 Å². The van der Waals surface area contributed by atoms with Crippen molar-refractivity contribution in [1.29, 1.82) is 0 Å². The van der Waals surface area contributed by atoms with Crippen LogP contribution in [0.3, 0.4) is 0 Å². The summed E-state index contributed by atoms with van der Waals surface area (Å²) in [4.78, 5) is 32.6. The van der Waals surface area contributed by atoms with Gasteiger partial charge >= 0.3 is 0 Å². The number of ether oxygens (including phenoxy) is 2. The number of hydrogen-bond acceptors (Lipinski definition) is 6. The van der Waals surface area contributed by atoms with Crippen LogP contribution in [0.1, 0.15) is 12.0 Å². The Balaban J connectivity index is 1.61. The van der Waals surface area contributed by atoms with Crippen molar-refractivity contribution in [1.82, 2.24) is 4.90 Å². The van der Waals surface area contributed by atoms with Gasteiger partial charge in [-0.3, -0.25) is 14.5 Å². The van der Waals surface area contributed by atoms with Crippen LogP contribution in [0, 0.1) is 0 Å². The van der Waals surface area contributed by atoms with Gasteiger partial charge in [0.05, 0.1) is 26.5 Å². The summed E-state index contributed by atoms with van der Waals surface area (Å²) in [6.45, 7) is 0.254. The largest absolute Gasteiger partial charge is 0.493 e. The van der Waals surface area contributed by atoms with E-state index in [1.807, 2.05) is 12.1 Å². The Labute approximate surface area is 223 Å². The van der Waals surface area contributed by atoms with E-state index in [4.69, 9.17) is 32.7 Å². The molecule has 36 heavy (non-hydrogen) atoms. The molecule has 1 aliphatic rings. The quantitative estimate of drug-likeness (QED) is 0.385. The molecule has 1 saturated heterocycles. The van der Waals surface area contributed by atoms with Crippen molar-refractivity contribution in [3.05, 3.63) is 82.3 Å². The van der Waals surface area contributed by atoms with E-state index in [9.17, 15) is 9.59 Å². The average molecular weight is 544 g/mol. The highest BCUT2D eigenvalue weighted by atomic mass is 35.5. The van der Waals surface area contributed by atoms with Gasteiger partial charge in [0.25, 0.3) is 0 Å². The Morgan fingerprint density at radius 3 is 2.28 bits per heavy atom. The fraction of sp³-hybridized carbons (Fsp3) is 0.192. The molecular formula is C26H23Cl2N3O4S. The maximum atomic E-state index is 13.3. The molecule has 0 spiro atoms. The molecule has 0 aromatic heterocycles. The van der Waals surface area contributed by atoms with Gasteiger partial charge in [-0.15, -0.1) is 0 Å². The number of methoxy groups -OCH3 is 2. The lowest BCUT2D eigenvalue weighted by molar-refractivity contribution is -0.129. The normalized spacial score (nSPS) is 16.7. The third-order valence-corrected chi connectivity index (χ3v) is 7.08. The second-order valence-corrected chi connectivity index (χ2v) is 9.89. The first-order valence-corrected chi connectivity index (χ1v) is 12.6. The summed E-state index contributed by atoms with van der Waals surface area (Å²) in [7, 11) is 3.12. The molecule has 2 amide bonds. The number of carbonyl (C=O) groups is 2. The lowest BCUT2D eigenvalue weighted by Gasteiger charge is -2.32. The van der Waals surface area contributed by atoms with Crippen molar-refractivity contribution in [3.8, 4) is 11.5 Å². The number of nitrogens with zero attached hydrogens (tertiary/aromatic N) is 2. The predicted octanol–water partition coefficient (Wildman–Crippen LogP) is 6.17. The zero-order chi connectivity index (χ0) is 25.7. The highest BCUT2D eigenvalue weighted by Gasteiger charge is 2.36. The van der Waals surface area contributed by atoms with E-state index in [-0.39, 0.29) is 24.8 Å². The van der Waals surface area contributed by atoms with Gasteiger partial charge in [-0.05, 0) is 66.2 Å². The monoisotopic (exact) mass is 543 g/mol. The van der Waals surface area contributed by atoms with Crippen LogP contribution in [0.5, 0.6) is 11.5 Å². The number of anilines is 1. The van der Waals surface area contributed by atoms with E-state index in [1.54, 1.807) is 73.7 Å². The van der Waals surface area contributed by atoms with Crippen LogP contribution >= 0.6 is 35.0 Å². The maximum Gasteiger partial charge on any atom is 0.238 e. The summed E-state index contributed by atoms with van der Waals surface area (Å²) >= 11 is 13.2. The van der Waals surface area contributed by atoms with Crippen LogP contribution < -0.4 is 14.8 Å². The Hall–Kier alpha value is -3.20. The summed E-state index contributed by atoms with van der Waals surface area (Å²) < 4.78 is 10.7. The van der Waals surface area contributed by atoms with E-state index in [0.29, 0.717) is 38.1 Å². The highest BCUT2D eigenvalue weighted by Crippen LogP contribution is 2.33. The molecule has 1 aliphatic heterocycles. The van der Waals surface area contributed by atoms with Crippen molar-refractivity contribution in [2.45, 2.75) is 18.2 Å². The minimum Gasteiger partial charge on any atom is -0.493 e. The van der Waals surface area contributed by atoms with Crippen LogP contribution in [-0.2, 0) is 16.1 Å². The second kappa shape index (κ2) is 11.7. The molecule has 1 atom stereocenters. The number of nitrogens with one attached hydrogen (secondary N) is 1. The number of aliphatic imine (C=N–C) groups is 1. The third-order valence-electron chi connectivity index (χ3n) is 5.38. The fourth-order valence-electron chi connectivity index (χ4n) is 3.54. The smallest absolute Gasteiger partial charge is 0.238 e. The summed E-state index contributed by atoms with van der Waals surface area (Å²) in [6, 6.07) is 19.2. The summed E-state index contributed by atoms with van der Waals surface area (Å²) in [5.74, 6) is 0.649. The number of hydrogen-bond donors (Lipinski definition) is 1. The van der Waals surface area contributed by atoms with Gasteiger partial charge in [0.1, 0.15) is 5.25 Å². The van der Waals surface area contributed by atoms with Gasteiger partial charge in [-0.1, -0.05) is 41.0 Å². The Kier molecular flexibility index (Phi) is 8.40. The number of amidine groups is 1. The lowest BCUT2D eigenvalue weighted by atomic mass is 10.1. The molecule has 3 aromatic rings. The minimum atomic E-state index is -0.652. The standard InChI is InChI=1S/C26H23Cl2N3O4S/c1-34-21-12-3-16(13-22(21)35-2)15-31-24(32)14-23(25(33)29-19-8-4-17(27)5-9-19)36-26(31)30-20-10-6-18(28)7-11-20/h3-13,23H,14-15H2,1-2H3,(H,29,33). The Morgan fingerprint density at radius 2 is 1.64 bits per heavy atom. The van der Waals surface area contributed by atoms with Crippen molar-refractivity contribution in [2.75, 3.05) is 19.5 Å².